The number of carbonyl (C=O) groups is 1. The average molecular weight is 387 g/mol. The van der Waals surface area contributed by atoms with Crippen LogP contribution in [0.4, 0.5) is 17.2 Å². The Hall–Kier alpha value is -4.00. The summed E-state index contributed by atoms with van der Waals surface area (Å²) in [7, 11) is 1.62. The number of primary amides is 1. The van der Waals surface area contributed by atoms with Crippen molar-refractivity contribution in [3.05, 3.63) is 78.1 Å². The fourth-order valence-electron chi connectivity index (χ4n) is 3.18. The van der Waals surface area contributed by atoms with Crippen molar-refractivity contribution < 1.29 is 9.53 Å². The molecular weight excluding hydrogens is 366 g/mol. The fraction of sp³-hybridized carbons (Fsp3) is 0.0909. The fourth-order valence-corrected chi connectivity index (χ4v) is 3.18. The van der Waals surface area contributed by atoms with Crippen molar-refractivity contribution in [3.63, 3.8) is 0 Å². The van der Waals surface area contributed by atoms with Gasteiger partial charge in [0.1, 0.15) is 11.6 Å². The predicted octanol–water partition coefficient (Wildman–Crippen LogP) is 4.03. The molecule has 1 amide bonds. The van der Waals surface area contributed by atoms with Crippen LogP contribution in [0.5, 0.6) is 5.75 Å². The van der Waals surface area contributed by atoms with Crippen LogP contribution in [0.15, 0.2) is 67.0 Å². The minimum atomic E-state index is -0.533. The number of benzene rings is 2. The molecule has 7 nitrogen and oxygen atoms in total. The molecule has 0 radical (unpaired) electrons. The van der Waals surface area contributed by atoms with Crippen molar-refractivity contribution in [2.24, 2.45) is 5.73 Å². The lowest BCUT2D eigenvalue weighted by Crippen LogP contribution is -2.15. The maximum absolute atomic E-state index is 11.8. The van der Waals surface area contributed by atoms with Crippen LogP contribution in [0.1, 0.15) is 15.9 Å². The highest BCUT2D eigenvalue weighted by Crippen LogP contribution is 2.24. The van der Waals surface area contributed by atoms with Crippen molar-refractivity contribution in [1.82, 2.24) is 9.97 Å². The Morgan fingerprint density at radius 1 is 1.17 bits per heavy atom. The molecular formula is C22H21N5O2. The molecule has 0 aliphatic heterocycles. The van der Waals surface area contributed by atoms with E-state index < -0.39 is 5.91 Å². The van der Waals surface area contributed by atoms with E-state index in [0.29, 0.717) is 23.6 Å². The lowest BCUT2D eigenvalue weighted by Gasteiger charge is -2.13. The van der Waals surface area contributed by atoms with Gasteiger partial charge < -0.3 is 26.1 Å². The molecule has 0 saturated heterocycles. The second kappa shape index (κ2) is 7.93. The van der Waals surface area contributed by atoms with Gasteiger partial charge in [-0.3, -0.25) is 4.79 Å². The van der Waals surface area contributed by atoms with Gasteiger partial charge in [-0.05, 0) is 41.3 Å². The van der Waals surface area contributed by atoms with Gasteiger partial charge in [0, 0.05) is 30.7 Å². The third-order valence-corrected chi connectivity index (χ3v) is 4.67. The number of fused-ring (bicyclic) bond motifs is 1. The predicted molar refractivity (Wildman–Crippen MR) is 115 cm³/mol. The van der Waals surface area contributed by atoms with Crippen molar-refractivity contribution >= 4 is 34.0 Å². The largest absolute Gasteiger partial charge is 0.497 e. The number of amides is 1. The van der Waals surface area contributed by atoms with E-state index in [1.807, 2.05) is 54.7 Å². The average Bonchev–Trinajstić information content (AvgIpc) is 3.22. The summed E-state index contributed by atoms with van der Waals surface area (Å²) in [4.78, 5) is 19.4. The summed E-state index contributed by atoms with van der Waals surface area (Å²) >= 11 is 0. The minimum absolute atomic E-state index is 0.337. The first-order valence-electron chi connectivity index (χ1n) is 9.14. The van der Waals surface area contributed by atoms with Crippen LogP contribution in [0.2, 0.25) is 0 Å². The van der Waals surface area contributed by atoms with Crippen LogP contribution >= 0.6 is 0 Å². The van der Waals surface area contributed by atoms with Crippen molar-refractivity contribution in [2.45, 2.75) is 6.54 Å². The van der Waals surface area contributed by atoms with E-state index >= 15 is 0 Å². The molecule has 0 fully saturated rings. The van der Waals surface area contributed by atoms with Crippen LogP contribution in [-0.4, -0.2) is 23.0 Å². The normalized spacial score (nSPS) is 10.7. The summed E-state index contributed by atoms with van der Waals surface area (Å²) in [6.45, 7) is 0.532. The monoisotopic (exact) mass is 387 g/mol. The first kappa shape index (κ1) is 18.4. The third-order valence-electron chi connectivity index (χ3n) is 4.67. The Balaban J connectivity index is 1.57. The summed E-state index contributed by atoms with van der Waals surface area (Å²) in [5.74, 6) is 0.836. The summed E-state index contributed by atoms with van der Waals surface area (Å²) in [6.07, 6.45) is 3.39. The number of ether oxygens (including phenoxy) is 1. The van der Waals surface area contributed by atoms with E-state index in [9.17, 15) is 4.79 Å². The van der Waals surface area contributed by atoms with Gasteiger partial charge in [0.15, 0.2) is 0 Å². The van der Waals surface area contributed by atoms with Gasteiger partial charge in [-0.1, -0.05) is 18.2 Å². The van der Waals surface area contributed by atoms with Gasteiger partial charge in [-0.2, -0.15) is 0 Å². The Morgan fingerprint density at radius 2 is 2.00 bits per heavy atom. The second-order valence-electron chi connectivity index (χ2n) is 6.55. The number of nitrogens with two attached hydrogens (primary N) is 1. The summed E-state index contributed by atoms with van der Waals surface area (Å²) < 4.78 is 5.17. The molecule has 0 bridgehead atoms. The first-order chi connectivity index (χ1) is 14.1. The van der Waals surface area contributed by atoms with Gasteiger partial charge in [0.2, 0.25) is 0 Å². The summed E-state index contributed by atoms with van der Waals surface area (Å²) in [6, 6.07) is 17.4. The van der Waals surface area contributed by atoms with Gasteiger partial charge in [0.25, 0.3) is 5.91 Å². The number of hydrogen-bond acceptors (Lipinski definition) is 5. The zero-order valence-corrected chi connectivity index (χ0v) is 15.9. The van der Waals surface area contributed by atoms with Gasteiger partial charge in [-0.25, -0.2) is 4.98 Å². The SMILES string of the molecule is COc1ccc(Nc2cc(NCc3cccc4cc[nH]c34)c(C(N)=O)cn2)cc1. The van der Waals surface area contributed by atoms with Gasteiger partial charge >= 0.3 is 0 Å². The molecule has 29 heavy (non-hydrogen) atoms. The number of para-hydroxylation sites is 1. The smallest absolute Gasteiger partial charge is 0.252 e. The maximum Gasteiger partial charge on any atom is 0.252 e. The van der Waals surface area contributed by atoms with Gasteiger partial charge in [-0.15, -0.1) is 0 Å². The second-order valence-corrected chi connectivity index (χ2v) is 6.55. The molecule has 4 aromatic rings. The van der Waals surface area contributed by atoms with E-state index in [1.165, 1.54) is 6.20 Å². The Bertz CT molecular complexity index is 1150. The Labute approximate surface area is 167 Å². The zero-order chi connectivity index (χ0) is 20.2. The zero-order valence-electron chi connectivity index (χ0n) is 15.9. The van der Waals surface area contributed by atoms with Crippen LogP contribution in [0, 0.1) is 0 Å². The highest BCUT2D eigenvalue weighted by Gasteiger charge is 2.11. The molecule has 2 aromatic heterocycles. The molecule has 7 heteroatoms. The standard InChI is InChI=1S/C22H21N5O2/c1-29-17-7-5-16(6-8-17)27-20-11-19(18(13-26-20)22(23)28)25-12-15-4-2-3-14-9-10-24-21(14)15/h2-11,13,24H,12H2,1H3,(H2,23,28)(H2,25,26,27). The third kappa shape index (κ3) is 3.98. The number of carbonyl (C=O) groups excluding carboxylic acids is 1. The number of pyridine rings is 1. The van der Waals surface area contributed by atoms with Crippen molar-refractivity contribution in [3.8, 4) is 5.75 Å². The number of methoxy groups -OCH3 is 1. The molecule has 5 N–H and O–H groups in total. The van der Waals surface area contributed by atoms with Crippen molar-refractivity contribution in [2.75, 3.05) is 17.7 Å². The van der Waals surface area contributed by atoms with E-state index in [4.69, 9.17) is 10.5 Å². The number of nitrogens with zero attached hydrogens (tertiary/aromatic N) is 1. The molecule has 2 heterocycles. The number of hydrogen-bond donors (Lipinski definition) is 4. The highest BCUT2D eigenvalue weighted by molar-refractivity contribution is 5.98. The van der Waals surface area contributed by atoms with Crippen LogP contribution in [0.3, 0.4) is 0 Å². The number of nitrogens with one attached hydrogen (secondary N) is 3. The van der Waals surface area contributed by atoms with Crippen LogP contribution in [-0.2, 0) is 6.54 Å². The van der Waals surface area contributed by atoms with E-state index in [0.717, 1.165) is 27.9 Å². The summed E-state index contributed by atoms with van der Waals surface area (Å²) in [5.41, 5.74) is 9.49. The molecule has 2 aromatic carbocycles. The van der Waals surface area contributed by atoms with Crippen LogP contribution in [0.25, 0.3) is 10.9 Å². The molecule has 146 valence electrons. The Morgan fingerprint density at radius 3 is 2.76 bits per heavy atom. The first-order valence-corrected chi connectivity index (χ1v) is 9.14. The Kier molecular flexibility index (Phi) is 5.03. The lowest BCUT2D eigenvalue weighted by atomic mass is 10.1. The topological polar surface area (TPSA) is 105 Å². The van der Waals surface area contributed by atoms with E-state index in [2.05, 4.69) is 20.6 Å². The number of rotatable bonds is 7. The lowest BCUT2D eigenvalue weighted by molar-refractivity contribution is 0.100. The molecule has 0 spiro atoms. The maximum atomic E-state index is 11.8. The van der Waals surface area contributed by atoms with Crippen LogP contribution < -0.4 is 21.1 Å². The minimum Gasteiger partial charge on any atom is -0.497 e. The number of H-pyrrole nitrogens is 1. The molecule has 4 rings (SSSR count). The number of aromatic nitrogens is 2. The van der Waals surface area contributed by atoms with Gasteiger partial charge in [0.05, 0.1) is 23.9 Å². The van der Waals surface area contributed by atoms with E-state index in [-0.39, 0.29) is 0 Å². The molecule has 0 aliphatic carbocycles. The van der Waals surface area contributed by atoms with E-state index in [1.54, 1.807) is 13.2 Å². The molecule has 0 aliphatic rings. The number of anilines is 3. The van der Waals surface area contributed by atoms with Crippen molar-refractivity contribution in [1.29, 1.82) is 0 Å². The molecule has 0 saturated carbocycles. The molecule has 0 unspecified atom stereocenters. The highest BCUT2D eigenvalue weighted by atomic mass is 16.5. The summed E-state index contributed by atoms with van der Waals surface area (Å²) in [5, 5.41) is 7.67. The molecule has 0 atom stereocenters. The quantitative estimate of drug-likeness (QED) is 0.383. The number of aromatic amines is 1.